The third kappa shape index (κ3) is 2.41. The summed E-state index contributed by atoms with van der Waals surface area (Å²) >= 11 is 3.21. The van der Waals surface area contributed by atoms with Crippen LogP contribution >= 0.6 is 22.7 Å². The zero-order chi connectivity index (χ0) is 12.5. The lowest BCUT2D eigenvalue weighted by molar-refractivity contribution is 0.284. The lowest BCUT2D eigenvalue weighted by Crippen LogP contribution is -2.16. The summed E-state index contributed by atoms with van der Waals surface area (Å²) in [5, 5.41) is 12.4. The van der Waals surface area contributed by atoms with Gasteiger partial charge in [0.2, 0.25) is 0 Å². The molecule has 1 aliphatic rings. The molecule has 0 amide bonds. The van der Waals surface area contributed by atoms with E-state index in [2.05, 4.69) is 20.2 Å². The second-order valence-corrected chi connectivity index (χ2v) is 6.35. The number of thiazole rings is 2. The molecule has 18 heavy (non-hydrogen) atoms. The summed E-state index contributed by atoms with van der Waals surface area (Å²) in [6.45, 7) is 0.875. The highest BCUT2D eigenvalue weighted by Crippen LogP contribution is 2.44. The standard InChI is InChI=1S/C12H15N3OS2/c1-15(4-9-6-17-7-13-9)12-14-11(8-2-3-8)10(5-16)18-12/h6-8,16H,2-5H2,1H3. The summed E-state index contributed by atoms with van der Waals surface area (Å²) in [5.74, 6) is 0.588. The molecule has 1 fully saturated rings. The molecule has 0 bridgehead atoms. The van der Waals surface area contributed by atoms with Crippen LogP contribution in [0.5, 0.6) is 0 Å². The molecule has 0 unspecified atom stereocenters. The first-order chi connectivity index (χ1) is 8.78. The van der Waals surface area contributed by atoms with E-state index in [0.29, 0.717) is 5.92 Å². The second-order valence-electron chi connectivity index (χ2n) is 4.57. The fourth-order valence-corrected chi connectivity index (χ4v) is 3.44. The highest BCUT2D eigenvalue weighted by molar-refractivity contribution is 7.15. The van der Waals surface area contributed by atoms with E-state index in [-0.39, 0.29) is 6.61 Å². The van der Waals surface area contributed by atoms with Crippen LogP contribution in [-0.4, -0.2) is 22.1 Å². The molecule has 3 rings (SSSR count). The number of hydrogen-bond donors (Lipinski definition) is 1. The number of aliphatic hydroxyl groups is 1. The monoisotopic (exact) mass is 281 g/mol. The molecule has 0 saturated heterocycles. The predicted octanol–water partition coefficient (Wildman–Crippen LogP) is 2.61. The molecular weight excluding hydrogens is 266 g/mol. The van der Waals surface area contributed by atoms with Crippen LogP contribution in [-0.2, 0) is 13.2 Å². The summed E-state index contributed by atoms with van der Waals surface area (Å²) in [7, 11) is 2.02. The molecule has 2 heterocycles. The molecule has 96 valence electrons. The van der Waals surface area contributed by atoms with Gasteiger partial charge < -0.3 is 10.0 Å². The lowest BCUT2D eigenvalue weighted by atomic mass is 10.2. The molecular formula is C12H15N3OS2. The molecule has 4 nitrogen and oxygen atoms in total. The smallest absolute Gasteiger partial charge is 0.185 e. The molecule has 0 aliphatic heterocycles. The van der Waals surface area contributed by atoms with Gasteiger partial charge in [-0.3, -0.25) is 0 Å². The van der Waals surface area contributed by atoms with Crippen molar-refractivity contribution in [3.63, 3.8) is 0 Å². The summed E-state index contributed by atoms with van der Waals surface area (Å²) in [4.78, 5) is 12.1. The average Bonchev–Trinajstić information content (AvgIpc) is 2.92. The van der Waals surface area contributed by atoms with Crippen LogP contribution in [0.4, 0.5) is 5.13 Å². The Bertz CT molecular complexity index is 519. The Morgan fingerprint density at radius 1 is 1.50 bits per heavy atom. The molecule has 1 aliphatic carbocycles. The zero-order valence-corrected chi connectivity index (χ0v) is 11.8. The van der Waals surface area contributed by atoms with Crippen LogP contribution in [0.25, 0.3) is 0 Å². The van der Waals surface area contributed by atoms with E-state index in [1.165, 1.54) is 12.8 Å². The summed E-state index contributed by atoms with van der Waals surface area (Å²) in [6, 6.07) is 0. The van der Waals surface area contributed by atoms with Gasteiger partial charge in [-0.25, -0.2) is 9.97 Å². The minimum Gasteiger partial charge on any atom is -0.391 e. The van der Waals surface area contributed by atoms with Crippen molar-refractivity contribution in [1.82, 2.24) is 9.97 Å². The molecule has 0 atom stereocenters. The van der Waals surface area contributed by atoms with Gasteiger partial charge in [0.15, 0.2) is 5.13 Å². The Morgan fingerprint density at radius 2 is 2.33 bits per heavy atom. The van der Waals surface area contributed by atoms with Crippen molar-refractivity contribution in [3.05, 3.63) is 27.2 Å². The summed E-state index contributed by atoms with van der Waals surface area (Å²) < 4.78 is 0. The average molecular weight is 281 g/mol. The molecule has 2 aromatic rings. The number of aromatic nitrogens is 2. The van der Waals surface area contributed by atoms with E-state index < -0.39 is 0 Å². The molecule has 1 N–H and O–H groups in total. The van der Waals surface area contributed by atoms with Crippen molar-refractivity contribution in [1.29, 1.82) is 0 Å². The first kappa shape index (κ1) is 12.1. The number of hydrogen-bond acceptors (Lipinski definition) is 6. The minimum atomic E-state index is 0.105. The quantitative estimate of drug-likeness (QED) is 0.915. The first-order valence-corrected chi connectivity index (χ1v) is 7.72. The maximum Gasteiger partial charge on any atom is 0.185 e. The summed E-state index contributed by atoms with van der Waals surface area (Å²) in [6.07, 6.45) is 2.43. The fourth-order valence-electron chi connectivity index (χ4n) is 1.93. The second kappa shape index (κ2) is 4.95. The van der Waals surface area contributed by atoms with E-state index >= 15 is 0 Å². The van der Waals surface area contributed by atoms with Crippen LogP contribution in [0.3, 0.4) is 0 Å². The maximum atomic E-state index is 9.39. The van der Waals surface area contributed by atoms with E-state index in [1.54, 1.807) is 22.7 Å². The van der Waals surface area contributed by atoms with Crippen LogP contribution in [0.15, 0.2) is 10.9 Å². The van der Waals surface area contributed by atoms with Gasteiger partial charge in [0.25, 0.3) is 0 Å². The normalized spacial score (nSPS) is 15.0. The number of aliphatic hydroxyl groups excluding tert-OH is 1. The van der Waals surface area contributed by atoms with Gasteiger partial charge in [-0.05, 0) is 12.8 Å². The fraction of sp³-hybridized carbons (Fsp3) is 0.500. The topological polar surface area (TPSA) is 49.2 Å². The molecule has 2 aromatic heterocycles. The summed E-state index contributed by atoms with van der Waals surface area (Å²) in [5.41, 5.74) is 4.03. The van der Waals surface area contributed by atoms with Crippen molar-refractivity contribution >= 4 is 27.8 Å². The lowest BCUT2D eigenvalue weighted by Gasteiger charge is -2.13. The minimum absolute atomic E-state index is 0.105. The Morgan fingerprint density at radius 3 is 2.94 bits per heavy atom. The van der Waals surface area contributed by atoms with Gasteiger partial charge in [-0.1, -0.05) is 11.3 Å². The molecule has 1 saturated carbocycles. The third-order valence-corrected chi connectivity index (χ3v) is 4.84. The van der Waals surface area contributed by atoms with Crippen LogP contribution in [0.2, 0.25) is 0 Å². The highest BCUT2D eigenvalue weighted by Gasteiger charge is 2.29. The number of nitrogens with zero attached hydrogens (tertiary/aromatic N) is 3. The molecule has 0 radical (unpaired) electrons. The number of anilines is 1. The Kier molecular flexibility index (Phi) is 3.32. The molecule has 6 heteroatoms. The van der Waals surface area contributed by atoms with Gasteiger partial charge >= 0.3 is 0 Å². The van der Waals surface area contributed by atoms with Crippen molar-refractivity contribution in [2.75, 3.05) is 11.9 Å². The van der Waals surface area contributed by atoms with E-state index in [9.17, 15) is 5.11 Å². The van der Waals surface area contributed by atoms with Gasteiger partial charge in [-0.15, -0.1) is 11.3 Å². The van der Waals surface area contributed by atoms with E-state index in [0.717, 1.165) is 27.9 Å². The van der Waals surface area contributed by atoms with E-state index in [1.807, 2.05) is 12.6 Å². The van der Waals surface area contributed by atoms with Gasteiger partial charge in [-0.2, -0.15) is 0 Å². The Hall–Kier alpha value is -0.980. The highest BCUT2D eigenvalue weighted by atomic mass is 32.1. The largest absolute Gasteiger partial charge is 0.391 e. The predicted molar refractivity (Wildman–Crippen MR) is 74.2 cm³/mol. The first-order valence-electron chi connectivity index (χ1n) is 5.96. The van der Waals surface area contributed by atoms with Crippen LogP contribution in [0.1, 0.15) is 35.0 Å². The SMILES string of the molecule is CN(Cc1cscn1)c1nc(C2CC2)c(CO)s1. The zero-order valence-electron chi connectivity index (χ0n) is 10.2. The van der Waals surface area contributed by atoms with E-state index in [4.69, 9.17) is 0 Å². The van der Waals surface area contributed by atoms with Crippen LogP contribution < -0.4 is 4.90 Å². The third-order valence-electron chi connectivity index (χ3n) is 3.03. The van der Waals surface area contributed by atoms with Crippen molar-refractivity contribution in [3.8, 4) is 0 Å². The number of rotatable bonds is 5. The van der Waals surface area contributed by atoms with Crippen molar-refractivity contribution < 1.29 is 5.11 Å². The van der Waals surface area contributed by atoms with Crippen molar-refractivity contribution in [2.45, 2.75) is 31.9 Å². The molecule has 0 aromatic carbocycles. The Balaban J connectivity index is 1.78. The van der Waals surface area contributed by atoms with Gasteiger partial charge in [0.1, 0.15) is 0 Å². The maximum absolute atomic E-state index is 9.39. The van der Waals surface area contributed by atoms with Gasteiger partial charge in [0.05, 0.1) is 34.9 Å². The van der Waals surface area contributed by atoms with Gasteiger partial charge in [0, 0.05) is 18.3 Å². The molecule has 0 spiro atoms. The Labute approximate surface area is 114 Å². The van der Waals surface area contributed by atoms with Crippen LogP contribution in [0, 0.1) is 0 Å². The van der Waals surface area contributed by atoms with Crippen molar-refractivity contribution in [2.24, 2.45) is 0 Å².